The zero-order valence-corrected chi connectivity index (χ0v) is 14.1. The third kappa shape index (κ3) is 4.17. The first-order valence-corrected chi connectivity index (χ1v) is 8.15. The minimum Gasteiger partial charge on any atom is -0.317 e. The van der Waals surface area contributed by atoms with Crippen molar-refractivity contribution in [3.63, 3.8) is 0 Å². The van der Waals surface area contributed by atoms with E-state index in [2.05, 4.69) is 0 Å². The molecular formula is C21H16F5N. The third-order valence-corrected chi connectivity index (χ3v) is 4.43. The van der Waals surface area contributed by atoms with E-state index in [1.165, 1.54) is 24.3 Å². The Morgan fingerprint density at radius 3 is 1.85 bits per heavy atom. The topological polar surface area (TPSA) is 26.0 Å². The summed E-state index contributed by atoms with van der Waals surface area (Å²) in [6.07, 6.45) is -4.60. The van der Waals surface area contributed by atoms with Crippen molar-refractivity contribution in [2.75, 3.05) is 0 Å². The van der Waals surface area contributed by atoms with Crippen LogP contribution in [0.4, 0.5) is 22.0 Å². The summed E-state index contributed by atoms with van der Waals surface area (Å²) in [6.45, 7) is 0. The van der Waals surface area contributed by atoms with Gasteiger partial charge in [0.1, 0.15) is 11.6 Å². The monoisotopic (exact) mass is 377 g/mol. The Morgan fingerprint density at radius 1 is 0.667 bits per heavy atom. The van der Waals surface area contributed by atoms with Crippen molar-refractivity contribution in [1.29, 1.82) is 0 Å². The number of benzene rings is 3. The Balaban J connectivity index is 2.18. The van der Waals surface area contributed by atoms with Crippen LogP contribution in [0.1, 0.15) is 22.3 Å². The van der Waals surface area contributed by atoms with Crippen LogP contribution in [0.2, 0.25) is 0 Å². The molecule has 1 nitrogen and oxygen atoms in total. The molecule has 0 amide bonds. The van der Waals surface area contributed by atoms with Crippen LogP contribution in [0.5, 0.6) is 0 Å². The molecule has 3 aromatic rings. The normalized spacial score (nSPS) is 14.0. The summed E-state index contributed by atoms with van der Waals surface area (Å²) in [4.78, 5) is 0. The van der Waals surface area contributed by atoms with Gasteiger partial charge in [-0.1, -0.05) is 42.5 Å². The lowest BCUT2D eigenvalue weighted by molar-refractivity contribution is -0.137. The van der Waals surface area contributed by atoms with Crippen molar-refractivity contribution in [2.45, 2.75) is 18.1 Å². The lowest BCUT2D eigenvalue weighted by Gasteiger charge is -2.32. The second kappa shape index (κ2) is 7.12. The van der Waals surface area contributed by atoms with Gasteiger partial charge < -0.3 is 5.73 Å². The summed E-state index contributed by atoms with van der Waals surface area (Å²) in [5.74, 6) is -1.54. The molecule has 0 aliphatic carbocycles. The van der Waals surface area contributed by atoms with E-state index < -0.39 is 28.9 Å². The van der Waals surface area contributed by atoms with Crippen molar-refractivity contribution in [3.05, 3.63) is 107 Å². The summed E-state index contributed by atoms with van der Waals surface area (Å²) in [5.41, 5.74) is 5.05. The first-order valence-electron chi connectivity index (χ1n) is 8.15. The van der Waals surface area contributed by atoms with Gasteiger partial charge in [0, 0.05) is 0 Å². The van der Waals surface area contributed by atoms with Crippen LogP contribution >= 0.6 is 0 Å². The molecule has 0 unspecified atom stereocenters. The molecular weight excluding hydrogens is 361 g/mol. The van der Waals surface area contributed by atoms with Crippen LogP contribution in [0.15, 0.2) is 72.8 Å². The number of alkyl halides is 3. The van der Waals surface area contributed by atoms with E-state index in [9.17, 15) is 22.0 Å². The van der Waals surface area contributed by atoms with Gasteiger partial charge in [0.05, 0.1) is 11.1 Å². The van der Waals surface area contributed by atoms with Crippen LogP contribution in [-0.4, -0.2) is 0 Å². The van der Waals surface area contributed by atoms with Crippen LogP contribution in [0.25, 0.3) is 0 Å². The highest BCUT2D eigenvalue weighted by Crippen LogP contribution is 2.36. The quantitative estimate of drug-likeness (QED) is 0.603. The second-order valence-corrected chi connectivity index (χ2v) is 6.37. The van der Waals surface area contributed by atoms with Gasteiger partial charge in [-0.15, -0.1) is 0 Å². The van der Waals surface area contributed by atoms with Crippen LogP contribution in [0.3, 0.4) is 0 Å². The van der Waals surface area contributed by atoms with Crippen molar-refractivity contribution in [1.82, 2.24) is 0 Å². The largest absolute Gasteiger partial charge is 0.416 e. The van der Waals surface area contributed by atoms with E-state index in [1.807, 2.05) is 0 Å². The van der Waals surface area contributed by atoms with Crippen molar-refractivity contribution in [2.24, 2.45) is 5.73 Å². The average Bonchev–Trinajstić information content (AvgIpc) is 2.61. The molecule has 140 valence electrons. The predicted molar refractivity (Wildman–Crippen MR) is 92.9 cm³/mol. The van der Waals surface area contributed by atoms with Gasteiger partial charge in [-0.05, 0) is 53.4 Å². The van der Waals surface area contributed by atoms with Gasteiger partial charge in [0.2, 0.25) is 0 Å². The predicted octanol–water partition coefficient (Wildman–Crippen LogP) is 5.43. The highest BCUT2D eigenvalue weighted by molar-refractivity contribution is 5.43. The van der Waals surface area contributed by atoms with E-state index in [0.717, 1.165) is 17.7 Å². The second-order valence-electron chi connectivity index (χ2n) is 6.37. The minimum absolute atomic E-state index is 0.0368. The molecule has 0 aliphatic rings. The van der Waals surface area contributed by atoms with Gasteiger partial charge >= 0.3 is 6.18 Å². The molecule has 0 fully saturated rings. The maximum absolute atomic E-state index is 14.0. The van der Waals surface area contributed by atoms with Crippen molar-refractivity contribution >= 4 is 0 Å². The molecule has 0 heterocycles. The smallest absolute Gasteiger partial charge is 0.317 e. The molecule has 0 saturated carbocycles. The van der Waals surface area contributed by atoms with Crippen molar-refractivity contribution < 1.29 is 22.0 Å². The van der Waals surface area contributed by atoms with Gasteiger partial charge in [-0.3, -0.25) is 0 Å². The van der Waals surface area contributed by atoms with Crippen molar-refractivity contribution in [3.8, 4) is 0 Å². The van der Waals surface area contributed by atoms with E-state index in [0.29, 0.717) is 11.6 Å². The standard InChI is InChI=1S/C21H16F5N/c22-18-8-6-15(7-9-18)20(27,13-14-4-2-1-3-5-14)16-10-17(21(24,25)26)12-19(23)11-16/h1-12H,13,27H2/t20-/m1/s1. The maximum Gasteiger partial charge on any atom is 0.416 e. The Bertz CT molecular complexity index is 920. The van der Waals surface area contributed by atoms with E-state index >= 15 is 0 Å². The van der Waals surface area contributed by atoms with Crippen LogP contribution < -0.4 is 5.73 Å². The minimum atomic E-state index is -4.71. The number of nitrogens with two attached hydrogens (primary N) is 1. The molecule has 0 aliphatic heterocycles. The Labute approximate surface area is 153 Å². The molecule has 0 spiro atoms. The average molecular weight is 377 g/mol. The number of hydrogen-bond acceptors (Lipinski definition) is 1. The maximum atomic E-state index is 14.0. The first kappa shape index (κ1) is 19.0. The van der Waals surface area contributed by atoms with E-state index in [-0.39, 0.29) is 12.0 Å². The molecule has 2 N–H and O–H groups in total. The summed E-state index contributed by atoms with van der Waals surface area (Å²) in [7, 11) is 0. The molecule has 1 atom stereocenters. The zero-order chi connectivity index (χ0) is 19.7. The number of rotatable bonds is 4. The fourth-order valence-corrected chi connectivity index (χ4v) is 3.05. The van der Waals surface area contributed by atoms with Crippen LogP contribution in [0, 0.1) is 11.6 Å². The van der Waals surface area contributed by atoms with Crippen LogP contribution in [-0.2, 0) is 18.1 Å². The van der Waals surface area contributed by atoms with Gasteiger partial charge in [-0.2, -0.15) is 13.2 Å². The number of hydrogen-bond donors (Lipinski definition) is 1. The molecule has 0 aromatic heterocycles. The molecule has 3 aromatic carbocycles. The highest BCUT2D eigenvalue weighted by Gasteiger charge is 2.36. The molecule has 0 saturated heterocycles. The van der Waals surface area contributed by atoms with E-state index in [4.69, 9.17) is 5.73 Å². The Kier molecular flexibility index (Phi) is 5.02. The summed E-state index contributed by atoms with van der Waals surface area (Å²) in [5, 5.41) is 0. The molecule has 0 bridgehead atoms. The summed E-state index contributed by atoms with van der Waals surface area (Å²) in [6, 6.07) is 16.3. The number of halogens is 5. The molecule has 3 rings (SSSR count). The summed E-state index contributed by atoms with van der Waals surface area (Å²) >= 11 is 0. The SMILES string of the molecule is N[C@](Cc1ccccc1)(c1ccc(F)cc1)c1cc(F)cc(C(F)(F)F)c1. The van der Waals surface area contributed by atoms with Gasteiger partial charge in [0.25, 0.3) is 0 Å². The molecule has 27 heavy (non-hydrogen) atoms. The Morgan fingerprint density at radius 2 is 1.26 bits per heavy atom. The fourth-order valence-electron chi connectivity index (χ4n) is 3.05. The summed E-state index contributed by atoms with van der Waals surface area (Å²) < 4.78 is 66.8. The van der Waals surface area contributed by atoms with Gasteiger partial charge in [0.15, 0.2) is 0 Å². The lowest BCUT2D eigenvalue weighted by Crippen LogP contribution is -2.40. The zero-order valence-electron chi connectivity index (χ0n) is 14.1. The molecule has 6 heteroatoms. The lowest BCUT2D eigenvalue weighted by atomic mass is 9.78. The molecule has 0 radical (unpaired) electrons. The first-order chi connectivity index (χ1) is 12.7. The Hall–Kier alpha value is -2.73. The third-order valence-electron chi connectivity index (χ3n) is 4.43. The highest BCUT2D eigenvalue weighted by atomic mass is 19.4. The van der Waals surface area contributed by atoms with E-state index in [1.54, 1.807) is 30.3 Å². The fraction of sp³-hybridized carbons (Fsp3) is 0.143. The van der Waals surface area contributed by atoms with Gasteiger partial charge in [-0.25, -0.2) is 8.78 Å².